The Morgan fingerprint density at radius 1 is 1.33 bits per heavy atom. The number of ether oxygens (including phenoxy) is 2. The highest BCUT2D eigenvalue weighted by Gasteiger charge is 2.22. The molecule has 1 aromatic heterocycles. The van der Waals surface area contributed by atoms with E-state index in [1.807, 2.05) is 0 Å². The number of phenolic OH excluding ortho intramolecular Hbond substituents is 1. The zero-order chi connectivity index (χ0) is 13.3. The lowest BCUT2D eigenvalue weighted by atomic mass is 10.1. The maximum Gasteiger partial charge on any atom is 0.222 e. The summed E-state index contributed by atoms with van der Waals surface area (Å²) < 4.78 is 28.3. The lowest BCUT2D eigenvalue weighted by Crippen LogP contribution is -1.96. The van der Waals surface area contributed by atoms with Gasteiger partial charge in [0.15, 0.2) is 11.5 Å². The van der Waals surface area contributed by atoms with Gasteiger partial charge in [-0.3, -0.25) is 0 Å². The van der Waals surface area contributed by atoms with Crippen LogP contribution < -0.4 is 15.2 Å². The predicted octanol–water partition coefficient (Wildman–Crippen LogP) is 1.79. The molecule has 6 nitrogen and oxygen atoms in total. The van der Waals surface area contributed by atoms with Crippen molar-refractivity contribution >= 4 is 5.88 Å². The van der Waals surface area contributed by atoms with Gasteiger partial charge in [-0.05, 0) is 6.07 Å². The molecule has 0 aliphatic rings. The van der Waals surface area contributed by atoms with Crippen LogP contribution in [0.2, 0.25) is 0 Å². The molecular weight excluding hydrogens is 243 g/mol. The van der Waals surface area contributed by atoms with Gasteiger partial charge in [-0.1, -0.05) is 5.16 Å². The molecule has 96 valence electrons. The summed E-state index contributed by atoms with van der Waals surface area (Å²) in [5, 5.41) is 13.4. The number of hydrogen-bond donors (Lipinski definition) is 2. The van der Waals surface area contributed by atoms with Crippen LogP contribution in [-0.4, -0.2) is 24.5 Å². The molecule has 0 amide bonds. The molecule has 0 aliphatic carbocycles. The molecule has 0 unspecified atom stereocenters. The van der Waals surface area contributed by atoms with Gasteiger partial charge in [0.25, 0.3) is 0 Å². The van der Waals surface area contributed by atoms with E-state index in [1.54, 1.807) is 0 Å². The summed E-state index contributed by atoms with van der Waals surface area (Å²) in [4.78, 5) is 0. The summed E-state index contributed by atoms with van der Waals surface area (Å²) in [6.45, 7) is 0. The number of aromatic hydroxyl groups is 1. The van der Waals surface area contributed by atoms with Gasteiger partial charge in [0.1, 0.15) is 5.69 Å². The van der Waals surface area contributed by atoms with Crippen molar-refractivity contribution in [1.29, 1.82) is 0 Å². The average molecular weight is 254 g/mol. The molecule has 1 aromatic carbocycles. The van der Waals surface area contributed by atoms with E-state index in [2.05, 4.69) is 9.68 Å². The zero-order valence-electron chi connectivity index (χ0n) is 9.73. The highest BCUT2D eigenvalue weighted by atomic mass is 19.1. The lowest BCUT2D eigenvalue weighted by molar-refractivity contribution is 0.326. The number of halogens is 1. The van der Waals surface area contributed by atoms with Gasteiger partial charge in [0.2, 0.25) is 17.5 Å². The van der Waals surface area contributed by atoms with E-state index in [0.29, 0.717) is 0 Å². The topological polar surface area (TPSA) is 90.7 Å². The lowest BCUT2D eigenvalue weighted by Gasteiger charge is -2.11. The molecule has 7 heteroatoms. The number of phenols is 1. The van der Waals surface area contributed by atoms with Crippen LogP contribution in [0.1, 0.15) is 0 Å². The van der Waals surface area contributed by atoms with E-state index in [-0.39, 0.29) is 28.6 Å². The minimum absolute atomic E-state index is 0.0552. The minimum atomic E-state index is -0.937. The number of nitrogens with two attached hydrogens (primary N) is 1. The first kappa shape index (κ1) is 12.0. The van der Waals surface area contributed by atoms with Gasteiger partial charge in [0, 0.05) is 6.07 Å². The summed E-state index contributed by atoms with van der Waals surface area (Å²) in [5.41, 5.74) is 5.67. The molecule has 0 saturated heterocycles. The van der Waals surface area contributed by atoms with E-state index in [1.165, 1.54) is 26.4 Å². The number of anilines is 1. The largest absolute Gasteiger partial charge is 0.504 e. The average Bonchev–Trinajstić information content (AvgIpc) is 2.78. The van der Waals surface area contributed by atoms with E-state index in [9.17, 15) is 9.50 Å². The van der Waals surface area contributed by atoms with Crippen molar-refractivity contribution in [3.05, 3.63) is 17.9 Å². The fourth-order valence-electron chi connectivity index (χ4n) is 1.55. The minimum Gasteiger partial charge on any atom is -0.504 e. The van der Waals surface area contributed by atoms with E-state index in [0.717, 1.165) is 0 Å². The van der Waals surface area contributed by atoms with Crippen LogP contribution in [0.4, 0.5) is 10.3 Å². The van der Waals surface area contributed by atoms with Gasteiger partial charge < -0.3 is 24.8 Å². The quantitative estimate of drug-likeness (QED) is 0.867. The molecule has 0 spiro atoms. The standard InChI is InChI=1S/C11H11FN2O4/c1-16-7-3-5(6-4-8(13)18-14-6)10(15)9(12)11(7)17-2/h3-4,15H,13H2,1-2H3. The number of methoxy groups -OCH3 is 2. The second kappa shape index (κ2) is 4.44. The molecule has 0 radical (unpaired) electrons. The summed E-state index contributed by atoms with van der Waals surface area (Å²) in [6, 6.07) is 2.74. The van der Waals surface area contributed by atoms with Crippen LogP contribution in [0.5, 0.6) is 17.2 Å². The maximum absolute atomic E-state index is 13.9. The monoisotopic (exact) mass is 254 g/mol. The highest BCUT2D eigenvalue weighted by Crippen LogP contribution is 2.42. The second-order valence-corrected chi connectivity index (χ2v) is 3.44. The molecule has 0 fully saturated rings. The number of benzene rings is 1. The Morgan fingerprint density at radius 2 is 2.06 bits per heavy atom. The van der Waals surface area contributed by atoms with Crippen molar-refractivity contribution in [3.8, 4) is 28.5 Å². The third-order valence-corrected chi connectivity index (χ3v) is 2.39. The SMILES string of the molecule is COc1cc(-c2cc(N)on2)c(O)c(F)c1OC. The molecule has 0 aliphatic heterocycles. The molecule has 0 bridgehead atoms. The van der Waals surface area contributed by atoms with Crippen molar-refractivity contribution in [2.45, 2.75) is 0 Å². The smallest absolute Gasteiger partial charge is 0.222 e. The first-order valence-corrected chi connectivity index (χ1v) is 4.94. The zero-order valence-corrected chi connectivity index (χ0v) is 9.73. The van der Waals surface area contributed by atoms with E-state index in [4.69, 9.17) is 15.2 Å². The van der Waals surface area contributed by atoms with Crippen LogP contribution in [0.25, 0.3) is 11.3 Å². The van der Waals surface area contributed by atoms with Crippen molar-refractivity contribution < 1.29 is 23.5 Å². The first-order valence-electron chi connectivity index (χ1n) is 4.94. The van der Waals surface area contributed by atoms with Crippen LogP contribution >= 0.6 is 0 Å². The molecule has 1 heterocycles. The summed E-state index contributed by atoms with van der Waals surface area (Å²) >= 11 is 0. The van der Waals surface area contributed by atoms with Crippen molar-refractivity contribution in [2.75, 3.05) is 20.0 Å². The van der Waals surface area contributed by atoms with Gasteiger partial charge in [-0.2, -0.15) is 4.39 Å². The molecule has 3 N–H and O–H groups in total. The molecule has 0 atom stereocenters. The van der Waals surface area contributed by atoms with Crippen LogP contribution in [-0.2, 0) is 0 Å². The Morgan fingerprint density at radius 3 is 2.56 bits per heavy atom. The van der Waals surface area contributed by atoms with Crippen LogP contribution in [0.3, 0.4) is 0 Å². The summed E-state index contributed by atoms with van der Waals surface area (Å²) in [7, 11) is 2.63. The van der Waals surface area contributed by atoms with Gasteiger partial charge in [0.05, 0.1) is 19.8 Å². The Balaban J connectivity index is 2.65. The maximum atomic E-state index is 13.9. The molecule has 18 heavy (non-hydrogen) atoms. The summed E-state index contributed by atoms with van der Waals surface area (Å²) in [5.74, 6) is -1.55. The third-order valence-electron chi connectivity index (χ3n) is 2.39. The Bertz CT molecular complexity index is 583. The normalized spacial score (nSPS) is 10.4. The highest BCUT2D eigenvalue weighted by molar-refractivity contribution is 5.72. The van der Waals surface area contributed by atoms with Crippen molar-refractivity contribution in [2.24, 2.45) is 0 Å². The van der Waals surface area contributed by atoms with E-state index >= 15 is 0 Å². The molecular formula is C11H11FN2O4. The Kier molecular flexibility index (Phi) is 2.97. The molecule has 0 saturated carbocycles. The predicted molar refractivity (Wildman–Crippen MR) is 61.1 cm³/mol. The number of rotatable bonds is 3. The first-order chi connectivity index (χ1) is 8.58. The van der Waals surface area contributed by atoms with E-state index < -0.39 is 11.6 Å². The Hall–Kier alpha value is -2.44. The van der Waals surface area contributed by atoms with Crippen LogP contribution in [0.15, 0.2) is 16.7 Å². The fourth-order valence-corrected chi connectivity index (χ4v) is 1.55. The fraction of sp³-hybridized carbons (Fsp3) is 0.182. The number of nitrogen functional groups attached to an aromatic ring is 1. The summed E-state index contributed by atoms with van der Waals surface area (Å²) in [6.07, 6.45) is 0. The van der Waals surface area contributed by atoms with Crippen molar-refractivity contribution in [1.82, 2.24) is 5.16 Å². The van der Waals surface area contributed by atoms with Gasteiger partial charge >= 0.3 is 0 Å². The second-order valence-electron chi connectivity index (χ2n) is 3.44. The number of nitrogens with zero attached hydrogens (tertiary/aromatic N) is 1. The number of hydrogen-bond acceptors (Lipinski definition) is 6. The van der Waals surface area contributed by atoms with Crippen LogP contribution in [0, 0.1) is 5.82 Å². The number of aromatic nitrogens is 1. The van der Waals surface area contributed by atoms with Gasteiger partial charge in [-0.15, -0.1) is 0 Å². The van der Waals surface area contributed by atoms with Gasteiger partial charge in [-0.25, -0.2) is 0 Å². The van der Waals surface area contributed by atoms with Crippen molar-refractivity contribution in [3.63, 3.8) is 0 Å². The Labute approximate surface area is 102 Å². The molecule has 2 aromatic rings. The molecule has 2 rings (SSSR count). The third kappa shape index (κ3) is 1.79.